The van der Waals surface area contributed by atoms with Crippen LogP contribution < -0.4 is 11.1 Å². The van der Waals surface area contributed by atoms with Gasteiger partial charge in [-0.05, 0) is 11.6 Å². The lowest BCUT2D eigenvalue weighted by Crippen LogP contribution is -2.26. The van der Waals surface area contributed by atoms with Crippen LogP contribution in [0, 0.1) is 11.7 Å². The summed E-state index contributed by atoms with van der Waals surface area (Å²) in [6.07, 6.45) is 0.354. The Morgan fingerprint density at radius 1 is 1.43 bits per heavy atom. The van der Waals surface area contributed by atoms with Crippen molar-refractivity contribution in [3.8, 4) is 0 Å². The van der Waals surface area contributed by atoms with Gasteiger partial charge in [0.25, 0.3) is 0 Å². The highest BCUT2D eigenvalue weighted by Crippen LogP contribution is 2.20. The molecule has 114 valence electrons. The molecule has 1 heterocycles. The Morgan fingerprint density at radius 2 is 2.14 bits per heavy atom. The molecule has 2 aromatic rings. The second-order valence-electron chi connectivity index (χ2n) is 4.40. The van der Waals surface area contributed by atoms with E-state index in [0.29, 0.717) is 22.1 Å². The quantitative estimate of drug-likeness (QED) is 0.880. The summed E-state index contributed by atoms with van der Waals surface area (Å²) < 4.78 is 13.5. The number of hydrogen-bond donors (Lipinski definition) is 2. The number of rotatable bonds is 5. The van der Waals surface area contributed by atoms with E-state index in [0.717, 1.165) is 0 Å². The lowest BCUT2D eigenvalue weighted by atomic mass is 10.1. The third-order valence-corrected chi connectivity index (χ3v) is 3.64. The summed E-state index contributed by atoms with van der Waals surface area (Å²) >= 11 is 1.23. The molecule has 0 aliphatic carbocycles. The van der Waals surface area contributed by atoms with Crippen molar-refractivity contribution in [2.75, 3.05) is 11.9 Å². The zero-order valence-electron chi connectivity index (χ0n) is 11.4. The maximum absolute atomic E-state index is 13.5. The van der Waals surface area contributed by atoms with Crippen molar-refractivity contribution >= 4 is 34.8 Å². The second-order valence-corrected chi connectivity index (χ2v) is 5.46. The van der Waals surface area contributed by atoms with E-state index in [1.807, 2.05) is 0 Å². The van der Waals surface area contributed by atoms with E-state index in [-0.39, 0.29) is 36.6 Å². The van der Waals surface area contributed by atoms with Gasteiger partial charge in [0.05, 0.1) is 0 Å². The fraction of sp³-hybridized carbons (Fsp3) is 0.308. The first-order valence-electron chi connectivity index (χ1n) is 6.17. The summed E-state index contributed by atoms with van der Waals surface area (Å²) in [6, 6.07) is 6.51. The lowest BCUT2D eigenvalue weighted by molar-refractivity contribution is -0.119. The predicted octanol–water partition coefficient (Wildman–Crippen LogP) is 2.22. The topological polar surface area (TPSA) is 80.9 Å². The summed E-state index contributed by atoms with van der Waals surface area (Å²) in [7, 11) is 0. The number of aromatic nitrogens is 2. The van der Waals surface area contributed by atoms with E-state index in [1.54, 1.807) is 25.1 Å². The Balaban J connectivity index is 0.00000220. The zero-order valence-corrected chi connectivity index (χ0v) is 13.0. The fourth-order valence-electron chi connectivity index (χ4n) is 1.52. The van der Waals surface area contributed by atoms with Crippen LogP contribution in [0.1, 0.15) is 17.5 Å². The summed E-state index contributed by atoms with van der Waals surface area (Å²) in [5.41, 5.74) is 5.97. The molecular weight excluding hydrogens is 315 g/mol. The number of halogens is 2. The van der Waals surface area contributed by atoms with Gasteiger partial charge in [0.15, 0.2) is 0 Å². The molecule has 0 spiro atoms. The van der Waals surface area contributed by atoms with E-state index >= 15 is 0 Å². The Labute approximate surface area is 132 Å². The van der Waals surface area contributed by atoms with Gasteiger partial charge in [-0.1, -0.05) is 36.5 Å². The van der Waals surface area contributed by atoms with Gasteiger partial charge in [0.1, 0.15) is 10.8 Å². The van der Waals surface area contributed by atoms with Crippen LogP contribution in [-0.2, 0) is 11.2 Å². The van der Waals surface area contributed by atoms with Crippen LogP contribution in [0.3, 0.4) is 0 Å². The predicted molar refractivity (Wildman–Crippen MR) is 83.2 cm³/mol. The molecule has 0 fully saturated rings. The van der Waals surface area contributed by atoms with Crippen LogP contribution in [0.5, 0.6) is 0 Å². The van der Waals surface area contributed by atoms with Crippen molar-refractivity contribution in [3.05, 3.63) is 40.7 Å². The molecule has 2 rings (SSSR count). The third kappa shape index (κ3) is 4.73. The van der Waals surface area contributed by atoms with Gasteiger partial charge in [-0.25, -0.2) is 4.39 Å². The molecule has 0 saturated carbocycles. The Kier molecular flexibility index (Phi) is 6.67. The van der Waals surface area contributed by atoms with Crippen LogP contribution in [0.4, 0.5) is 9.52 Å². The maximum Gasteiger partial charge on any atom is 0.230 e. The molecule has 0 aliphatic rings. The van der Waals surface area contributed by atoms with Gasteiger partial charge < -0.3 is 11.1 Å². The standard InChI is InChI=1S/C13H15FN4OS.ClH/c1-8(7-15)12(19)16-13-18-17-11(20-13)6-9-4-2-3-5-10(9)14;/h2-5,8H,6-7,15H2,1H3,(H,16,18,19);1H. The van der Waals surface area contributed by atoms with Crippen molar-refractivity contribution in [1.82, 2.24) is 10.2 Å². The van der Waals surface area contributed by atoms with Gasteiger partial charge in [-0.2, -0.15) is 0 Å². The summed E-state index contributed by atoms with van der Waals surface area (Å²) in [6.45, 7) is 2.00. The molecule has 0 radical (unpaired) electrons. The van der Waals surface area contributed by atoms with Crippen molar-refractivity contribution < 1.29 is 9.18 Å². The Hall–Kier alpha value is -1.57. The number of nitrogens with zero attached hydrogens (tertiary/aromatic N) is 2. The van der Waals surface area contributed by atoms with E-state index in [9.17, 15) is 9.18 Å². The number of hydrogen-bond acceptors (Lipinski definition) is 5. The molecule has 1 amide bonds. The molecule has 1 aromatic heterocycles. The molecule has 1 atom stereocenters. The van der Waals surface area contributed by atoms with Crippen LogP contribution in [0.25, 0.3) is 0 Å². The molecule has 5 nitrogen and oxygen atoms in total. The zero-order chi connectivity index (χ0) is 14.5. The van der Waals surface area contributed by atoms with E-state index in [2.05, 4.69) is 15.5 Å². The fourth-order valence-corrected chi connectivity index (χ4v) is 2.28. The molecular formula is C13H16ClFN4OS. The number of amides is 1. The molecule has 0 saturated heterocycles. The number of nitrogens with one attached hydrogen (secondary N) is 1. The number of carbonyl (C=O) groups is 1. The largest absolute Gasteiger partial charge is 0.330 e. The number of benzene rings is 1. The first kappa shape index (κ1) is 17.5. The molecule has 0 aliphatic heterocycles. The molecule has 1 unspecified atom stereocenters. The average molecular weight is 331 g/mol. The van der Waals surface area contributed by atoms with Crippen LogP contribution in [0.2, 0.25) is 0 Å². The summed E-state index contributed by atoms with van der Waals surface area (Å²) in [4.78, 5) is 11.7. The monoisotopic (exact) mass is 330 g/mol. The Morgan fingerprint density at radius 3 is 2.81 bits per heavy atom. The Bertz CT molecular complexity index is 607. The highest BCUT2D eigenvalue weighted by molar-refractivity contribution is 7.15. The average Bonchev–Trinajstić information content (AvgIpc) is 2.87. The molecule has 8 heteroatoms. The maximum atomic E-state index is 13.5. The minimum Gasteiger partial charge on any atom is -0.330 e. The SMILES string of the molecule is CC(CN)C(=O)Nc1nnc(Cc2ccccc2F)s1.Cl. The van der Waals surface area contributed by atoms with Crippen molar-refractivity contribution in [3.63, 3.8) is 0 Å². The minimum atomic E-state index is -0.283. The lowest BCUT2D eigenvalue weighted by Gasteiger charge is -2.06. The number of carbonyl (C=O) groups excluding carboxylic acids is 1. The number of nitrogens with two attached hydrogens (primary N) is 1. The van der Waals surface area contributed by atoms with Gasteiger partial charge in [-0.3, -0.25) is 4.79 Å². The van der Waals surface area contributed by atoms with Crippen LogP contribution >= 0.6 is 23.7 Å². The van der Waals surface area contributed by atoms with Crippen molar-refractivity contribution in [1.29, 1.82) is 0 Å². The van der Waals surface area contributed by atoms with Gasteiger partial charge >= 0.3 is 0 Å². The first-order valence-corrected chi connectivity index (χ1v) is 6.98. The molecule has 21 heavy (non-hydrogen) atoms. The van der Waals surface area contributed by atoms with E-state index in [1.165, 1.54) is 17.4 Å². The minimum absolute atomic E-state index is 0. The summed E-state index contributed by atoms with van der Waals surface area (Å²) in [5, 5.41) is 11.5. The molecule has 3 N–H and O–H groups in total. The van der Waals surface area contributed by atoms with Gasteiger partial charge in [0.2, 0.25) is 11.0 Å². The van der Waals surface area contributed by atoms with Crippen molar-refractivity contribution in [2.45, 2.75) is 13.3 Å². The smallest absolute Gasteiger partial charge is 0.230 e. The van der Waals surface area contributed by atoms with Gasteiger partial charge in [-0.15, -0.1) is 22.6 Å². The van der Waals surface area contributed by atoms with E-state index < -0.39 is 0 Å². The second kappa shape index (κ2) is 8.02. The van der Waals surface area contributed by atoms with Crippen LogP contribution in [0.15, 0.2) is 24.3 Å². The van der Waals surface area contributed by atoms with E-state index in [4.69, 9.17) is 5.73 Å². The number of anilines is 1. The van der Waals surface area contributed by atoms with Crippen molar-refractivity contribution in [2.24, 2.45) is 11.7 Å². The first-order chi connectivity index (χ1) is 9.60. The third-order valence-electron chi connectivity index (χ3n) is 2.80. The van der Waals surface area contributed by atoms with Gasteiger partial charge in [0, 0.05) is 18.9 Å². The van der Waals surface area contributed by atoms with Crippen LogP contribution in [-0.4, -0.2) is 22.6 Å². The summed E-state index contributed by atoms with van der Waals surface area (Å²) in [5.74, 6) is -0.750. The molecule has 1 aromatic carbocycles. The highest BCUT2D eigenvalue weighted by Gasteiger charge is 2.14. The highest BCUT2D eigenvalue weighted by atomic mass is 35.5. The normalized spacial score (nSPS) is 11.6. The molecule has 0 bridgehead atoms.